The summed E-state index contributed by atoms with van der Waals surface area (Å²) < 4.78 is 0. The Bertz CT molecular complexity index is 692. The standard InChI is InChI=1S/C27H45NO3/c1-16(4-9-24(31)28-18-5-6-18)20-7-8-21-25-22(11-13-27(20,21)3)26(2)12-10-19(29)14-17(26)15-23(25)30/h16-23,25,29-30H,4-15H2,1-3H3,(H,28,31)/t16-,17+,19-,20+,21-,22+,23+,25-,26+,27-/m1/s1. The van der Waals surface area contributed by atoms with Crippen molar-refractivity contribution in [2.75, 3.05) is 0 Å². The summed E-state index contributed by atoms with van der Waals surface area (Å²) in [7, 11) is 0. The first-order valence-electron chi connectivity index (χ1n) is 13.4. The zero-order valence-corrected chi connectivity index (χ0v) is 20.0. The number of hydrogen-bond donors (Lipinski definition) is 3. The van der Waals surface area contributed by atoms with Gasteiger partial charge in [0.25, 0.3) is 0 Å². The maximum Gasteiger partial charge on any atom is 0.220 e. The van der Waals surface area contributed by atoms with Crippen molar-refractivity contribution < 1.29 is 15.0 Å². The first kappa shape index (κ1) is 22.2. The van der Waals surface area contributed by atoms with E-state index < -0.39 is 0 Å². The van der Waals surface area contributed by atoms with Gasteiger partial charge in [-0.3, -0.25) is 4.79 Å². The SMILES string of the molecule is C[C@H](CCC(=O)NC1CC1)[C@@H]1CC[C@@H]2[C@H]3[C@@H](O)C[C@@H]4C[C@H](O)CC[C@]4(C)[C@H]3CC[C@@]21C. The molecule has 5 aliphatic rings. The second-order valence-electron chi connectivity index (χ2n) is 12.8. The van der Waals surface area contributed by atoms with E-state index in [0.717, 1.165) is 44.9 Å². The highest BCUT2D eigenvalue weighted by Gasteiger charge is 2.62. The summed E-state index contributed by atoms with van der Waals surface area (Å²) in [4.78, 5) is 12.2. The molecule has 0 aromatic carbocycles. The molecule has 5 aliphatic carbocycles. The lowest BCUT2D eigenvalue weighted by Crippen LogP contribution is -2.58. The summed E-state index contributed by atoms with van der Waals surface area (Å²) in [6, 6.07) is 0.463. The van der Waals surface area contributed by atoms with E-state index in [1.807, 2.05) is 0 Å². The topological polar surface area (TPSA) is 69.6 Å². The van der Waals surface area contributed by atoms with E-state index in [1.54, 1.807) is 0 Å². The fraction of sp³-hybridized carbons (Fsp3) is 0.963. The predicted molar refractivity (Wildman–Crippen MR) is 122 cm³/mol. The zero-order chi connectivity index (χ0) is 22.0. The molecule has 31 heavy (non-hydrogen) atoms. The van der Waals surface area contributed by atoms with Crippen molar-refractivity contribution in [3.05, 3.63) is 0 Å². The van der Waals surface area contributed by atoms with Crippen LogP contribution in [0.2, 0.25) is 0 Å². The van der Waals surface area contributed by atoms with E-state index in [4.69, 9.17) is 0 Å². The van der Waals surface area contributed by atoms with Gasteiger partial charge < -0.3 is 15.5 Å². The first-order chi connectivity index (χ1) is 14.7. The van der Waals surface area contributed by atoms with E-state index in [2.05, 4.69) is 26.1 Å². The molecular formula is C27H45NO3. The smallest absolute Gasteiger partial charge is 0.220 e. The molecule has 0 radical (unpaired) electrons. The van der Waals surface area contributed by atoms with Crippen molar-refractivity contribution in [2.45, 2.75) is 116 Å². The summed E-state index contributed by atoms with van der Waals surface area (Å²) in [5, 5.41) is 24.8. The Kier molecular flexibility index (Phi) is 5.73. The number of aliphatic hydroxyl groups excluding tert-OH is 2. The molecule has 0 bridgehead atoms. The van der Waals surface area contributed by atoms with Crippen LogP contribution in [0, 0.1) is 46.3 Å². The minimum atomic E-state index is -0.198. The molecule has 4 heteroatoms. The fourth-order valence-corrected chi connectivity index (χ4v) is 9.26. The van der Waals surface area contributed by atoms with Crippen LogP contribution in [0.1, 0.15) is 97.8 Å². The summed E-state index contributed by atoms with van der Waals surface area (Å²) in [5.74, 6) is 3.66. The molecule has 0 spiro atoms. The van der Waals surface area contributed by atoms with Crippen LogP contribution in [0.4, 0.5) is 0 Å². The summed E-state index contributed by atoms with van der Waals surface area (Å²) >= 11 is 0. The Labute approximate surface area is 188 Å². The van der Waals surface area contributed by atoms with Crippen LogP contribution in [-0.4, -0.2) is 34.4 Å². The Balaban J connectivity index is 1.28. The second-order valence-corrected chi connectivity index (χ2v) is 12.8. The Morgan fingerprint density at radius 1 is 0.968 bits per heavy atom. The molecule has 4 nitrogen and oxygen atoms in total. The largest absolute Gasteiger partial charge is 0.393 e. The average Bonchev–Trinajstić information content (AvgIpc) is 3.46. The number of amides is 1. The van der Waals surface area contributed by atoms with E-state index in [0.29, 0.717) is 58.8 Å². The van der Waals surface area contributed by atoms with Crippen molar-refractivity contribution >= 4 is 5.91 Å². The van der Waals surface area contributed by atoms with Crippen molar-refractivity contribution in [3.63, 3.8) is 0 Å². The van der Waals surface area contributed by atoms with Gasteiger partial charge in [0.05, 0.1) is 12.2 Å². The van der Waals surface area contributed by atoms with Gasteiger partial charge in [-0.1, -0.05) is 20.8 Å². The molecule has 10 atom stereocenters. The maximum atomic E-state index is 12.2. The number of hydrogen-bond acceptors (Lipinski definition) is 3. The third-order valence-corrected chi connectivity index (χ3v) is 11.2. The Morgan fingerprint density at radius 3 is 2.42 bits per heavy atom. The van der Waals surface area contributed by atoms with Crippen LogP contribution in [0.5, 0.6) is 0 Å². The van der Waals surface area contributed by atoms with Gasteiger partial charge in [0, 0.05) is 12.5 Å². The van der Waals surface area contributed by atoms with Crippen LogP contribution >= 0.6 is 0 Å². The molecule has 5 fully saturated rings. The van der Waals surface area contributed by atoms with Crippen molar-refractivity contribution in [2.24, 2.45) is 46.3 Å². The van der Waals surface area contributed by atoms with Crippen LogP contribution in [0.3, 0.4) is 0 Å². The summed E-state index contributed by atoms with van der Waals surface area (Å²) in [6.45, 7) is 7.40. The normalized spacial score (nSPS) is 50.2. The molecule has 1 amide bonds. The molecule has 0 saturated heterocycles. The van der Waals surface area contributed by atoms with Gasteiger partial charge in [-0.15, -0.1) is 0 Å². The Hall–Kier alpha value is -0.610. The van der Waals surface area contributed by atoms with Crippen LogP contribution in [0.15, 0.2) is 0 Å². The maximum absolute atomic E-state index is 12.2. The molecule has 0 heterocycles. The van der Waals surface area contributed by atoms with E-state index >= 15 is 0 Å². The third-order valence-electron chi connectivity index (χ3n) is 11.2. The molecule has 176 valence electrons. The summed E-state index contributed by atoms with van der Waals surface area (Å²) in [6.07, 6.45) is 12.5. The van der Waals surface area contributed by atoms with Gasteiger partial charge in [0.1, 0.15) is 0 Å². The van der Waals surface area contributed by atoms with Crippen LogP contribution in [-0.2, 0) is 4.79 Å². The van der Waals surface area contributed by atoms with Gasteiger partial charge in [-0.05, 0) is 117 Å². The molecule has 0 unspecified atom stereocenters. The number of rotatable bonds is 5. The predicted octanol–water partition coefficient (Wildman–Crippen LogP) is 4.67. The third kappa shape index (κ3) is 3.78. The van der Waals surface area contributed by atoms with E-state index in [1.165, 1.54) is 25.7 Å². The molecule has 5 saturated carbocycles. The molecule has 0 aliphatic heterocycles. The average molecular weight is 432 g/mol. The van der Waals surface area contributed by atoms with Gasteiger partial charge in [0.15, 0.2) is 0 Å². The molecule has 3 N–H and O–H groups in total. The Morgan fingerprint density at radius 2 is 1.68 bits per heavy atom. The van der Waals surface area contributed by atoms with Crippen molar-refractivity contribution in [1.82, 2.24) is 5.32 Å². The number of fused-ring (bicyclic) bond motifs is 5. The quantitative estimate of drug-likeness (QED) is 0.592. The lowest BCUT2D eigenvalue weighted by Gasteiger charge is -2.62. The van der Waals surface area contributed by atoms with E-state index in [9.17, 15) is 15.0 Å². The first-order valence-corrected chi connectivity index (χ1v) is 13.4. The highest BCUT2D eigenvalue weighted by Crippen LogP contribution is 2.68. The van der Waals surface area contributed by atoms with Gasteiger partial charge in [-0.25, -0.2) is 0 Å². The van der Waals surface area contributed by atoms with Crippen LogP contribution < -0.4 is 5.32 Å². The molecular weight excluding hydrogens is 386 g/mol. The number of nitrogens with one attached hydrogen (secondary N) is 1. The minimum Gasteiger partial charge on any atom is -0.393 e. The second kappa shape index (κ2) is 8.01. The number of aliphatic hydroxyl groups is 2. The van der Waals surface area contributed by atoms with E-state index in [-0.39, 0.29) is 18.1 Å². The zero-order valence-electron chi connectivity index (χ0n) is 20.0. The highest BCUT2D eigenvalue weighted by molar-refractivity contribution is 5.76. The van der Waals surface area contributed by atoms with Crippen molar-refractivity contribution in [1.29, 1.82) is 0 Å². The van der Waals surface area contributed by atoms with Gasteiger partial charge >= 0.3 is 0 Å². The lowest BCUT2D eigenvalue weighted by molar-refractivity contribution is -0.174. The molecule has 0 aromatic rings. The number of carbonyl (C=O) groups excluding carboxylic acids is 1. The minimum absolute atomic E-state index is 0.162. The number of carbonyl (C=O) groups is 1. The monoisotopic (exact) mass is 431 g/mol. The highest BCUT2D eigenvalue weighted by atomic mass is 16.3. The molecule has 0 aromatic heterocycles. The van der Waals surface area contributed by atoms with Gasteiger partial charge in [-0.2, -0.15) is 0 Å². The van der Waals surface area contributed by atoms with Crippen LogP contribution in [0.25, 0.3) is 0 Å². The summed E-state index contributed by atoms with van der Waals surface area (Å²) in [5.41, 5.74) is 0.612. The van der Waals surface area contributed by atoms with Gasteiger partial charge in [0.2, 0.25) is 5.91 Å². The lowest BCUT2D eigenvalue weighted by atomic mass is 9.43. The molecule has 5 rings (SSSR count). The fourth-order valence-electron chi connectivity index (χ4n) is 9.26. The van der Waals surface area contributed by atoms with Crippen molar-refractivity contribution in [3.8, 4) is 0 Å².